The molecular weight excluding hydrogens is 531 g/mol. The minimum Gasteiger partial charge on any atom is -0.497 e. The topological polar surface area (TPSA) is 96.2 Å². The maximum absolute atomic E-state index is 12.0. The fourth-order valence-electron chi connectivity index (χ4n) is 3.50. The fraction of sp³-hybridized carbons (Fsp3) is 0.476. The average molecular weight is 562 g/mol. The quantitative estimate of drug-likeness (QED) is 0.277. The monoisotopic (exact) mass is 562 g/mol. The number of nitrogens with one attached hydrogen (secondary N) is 2. The van der Waals surface area contributed by atoms with Gasteiger partial charge in [0.05, 0.1) is 26.2 Å². The number of nitrogens with zero attached hydrogens (tertiary/aromatic N) is 2. The minimum atomic E-state index is -3.20. The van der Waals surface area contributed by atoms with E-state index in [4.69, 9.17) is 9.15 Å². The fourth-order valence-corrected chi connectivity index (χ4v) is 4.68. The first-order valence-electron chi connectivity index (χ1n) is 10.1. The number of aliphatic imine (C=N–C) groups is 1. The summed E-state index contributed by atoms with van der Waals surface area (Å²) in [6.45, 7) is 2.25. The third-order valence-electron chi connectivity index (χ3n) is 5.08. The summed E-state index contributed by atoms with van der Waals surface area (Å²) in [5.74, 6) is 2.36. The Morgan fingerprint density at radius 1 is 1.26 bits per heavy atom. The van der Waals surface area contributed by atoms with Gasteiger partial charge >= 0.3 is 0 Å². The summed E-state index contributed by atoms with van der Waals surface area (Å²) in [5.41, 5.74) is 1.06. The molecule has 8 nitrogen and oxygen atoms in total. The van der Waals surface area contributed by atoms with Gasteiger partial charge in [-0.3, -0.25) is 0 Å². The van der Waals surface area contributed by atoms with Crippen LogP contribution in [0.3, 0.4) is 0 Å². The molecule has 1 aromatic carbocycles. The van der Waals surface area contributed by atoms with Crippen LogP contribution in [0.25, 0.3) is 0 Å². The molecule has 172 valence electrons. The van der Waals surface area contributed by atoms with Crippen LogP contribution < -0.4 is 15.4 Å². The van der Waals surface area contributed by atoms with E-state index in [1.807, 2.05) is 36.4 Å². The number of hydrogen-bond donors (Lipinski definition) is 2. The van der Waals surface area contributed by atoms with Gasteiger partial charge in [-0.15, -0.1) is 24.0 Å². The number of guanidine groups is 1. The summed E-state index contributed by atoms with van der Waals surface area (Å²) < 4.78 is 36.1. The van der Waals surface area contributed by atoms with Crippen molar-refractivity contribution in [3.63, 3.8) is 0 Å². The molecule has 2 heterocycles. The summed E-state index contributed by atoms with van der Waals surface area (Å²) >= 11 is 0. The second kappa shape index (κ2) is 12.3. The van der Waals surface area contributed by atoms with Crippen LogP contribution in [-0.4, -0.2) is 57.7 Å². The van der Waals surface area contributed by atoms with Crippen molar-refractivity contribution in [2.45, 2.75) is 31.8 Å². The van der Waals surface area contributed by atoms with Crippen LogP contribution >= 0.6 is 24.0 Å². The van der Waals surface area contributed by atoms with Crippen molar-refractivity contribution in [2.75, 3.05) is 33.0 Å². The Labute approximate surface area is 201 Å². The van der Waals surface area contributed by atoms with Crippen LogP contribution in [-0.2, 0) is 23.0 Å². The zero-order chi connectivity index (χ0) is 21.4. The van der Waals surface area contributed by atoms with E-state index in [0.29, 0.717) is 32.1 Å². The highest BCUT2D eigenvalue weighted by atomic mass is 127. The van der Waals surface area contributed by atoms with Gasteiger partial charge in [-0.25, -0.2) is 13.4 Å². The van der Waals surface area contributed by atoms with Crippen LogP contribution in [0.5, 0.6) is 5.75 Å². The van der Waals surface area contributed by atoms with Crippen molar-refractivity contribution in [2.24, 2.45) is 4.99 Å². The van der Waals surface area contributed by atoms with Crippen molar-refractivity contribution in [3.05, 3.63) is 54.0 Å². The Hall–Kier alpha value is -1.79. The molecule has 31 heavy (non-hydrogen) atoms. The second-order valence-electron chi connectivity index (χ2n) is 7.32. The summed E-state index contributed by atoms with van der Waals surface area (Å²) in [6, 6.07) is 11.5. The van der Waals surface area contributed by atoms with Crippen molar-refractivity contribution in [1.82, 2.24) is 14.9 Å². The molecule has 0 unspecified atom stereocenters. The maximum Gasteiger partial charge on any atom is 0.211 e. The lowest BCUT2D eigenvalue weighted by atomic mass is 10.2. The molecule has 2 aromatic rings. The molecule has 0 aliphatic carbocycles. The van der Waals surface area contributed by atoms with E-state index in [1.54, 1.807) is 17.7 Å². The zero-order valence-corrected chi connectivity index (χ0v) is 21.1. The predicted octanol–water partition coefficient (Wildman–Crippen LogP) is 2.61. The van der Waals surface area contributed by atoms with Gasteiger partial charge in [0.15, 0.2) is 5.96 Å². The molecule has 2 N–H and O–H groups in total. The Morgan fingerprint density at radius 2 is 2.03 bits per heavy atom. The molecule has 1 aliphatic heterocycles. The molecule has 0 radical (unpaired) electrons. The van der Waals surface area contributed by atoms with Crippen LogP contribution in [0.2, 0.25) is 0 Å². The Balaban J connectivity index is 0.00000341. The zero-order valence-electron chi connectivity index (χ0n) is 17.9. The molecule has 10 heteroatoms. The summed E-state index contributed by atoms with van der Waals surface area (Å²) in [6.07, 6.45) is 5.38. The van der Waals surface area contributed by atoms with E-state index in [2.05, 4.69) is 15.6 Å². The van der Waals surface area contributed by atoms with Crippen LogP contribution in [0.1, 0.15) is 24.2 Å². The van der Waals surface area contributed by atoms with Crippen LogP contribution in [0.4, 0.5) is 0 Å². The Bertz CT molecular complexity index is 917. The normalized spacial score (nSPS) is 17.2. The third kappa shape index (κ3) is 8.00. The molecule has 1 saturated heterocycles. The van der Waals surface area contributed by atoms with Gasteiger partial charge < -0.3 is 19.8 Å². The summed E-state index contributed by atoms with van der Waals surface area (Å²) in [4.78, 5) is 4.67. The lowest BCUT2D eigenvalue weighted by molar-refractivity contribution is 0.387. The molecular formula is C21H31IN4O4S. The molecule has 3 rings (SSSR count). The SMILES string of the molecule is COc1ccc(CN=C(NCCc2ccco2)NC[C@H]2CCCN2S(C)(=O)=O)cc1.I. The number of ether oxygens (including phenoxy) is 1. The highest BCUT2D eigenvalue weighted by Gasteiger charge is 2.31. The molecule has 0 spiro atoms. The van der Waals surface area contributed by atoms with Gasteiger partial charge in [0.2, 0.25) is 10.0 Å². The standard InChI is InChI=1S/C21H30N4O4S.HI/c1-28-19-9-7-17(8-10-19)15-23-21(22-12-11-20-6-4-14-29-20)24-16-18-5-3-13-25(18)30(2,26)27;/h4,6-10,14,18H,3,5,11-13,15-16H2,1-2H3,(H2,22,23,24);1H/t18-;/m1./s1. The Morgan fingerprint density at radius 3 is 2.68 bits per heavy atom. The molecule has 0 bridgehead atoms. The minimum absolute atomic E-state index is 0. The van der Waals surface area contributed by atoms with Gasteiger partial charge in [0, 0.05) is 32.1 Å². The smallest absolute Gasteiger partial charge is 0.211 e. The van der Waals surface area contributed by atoms with E-state index < -0.39 is 10.0 Å². The molecule has 1 atom stereocenters. The first-order chi connectivity index (χ1) is 14.5. The number of rotatable bonds is 9. The van der Waals surface area contributed by atoms with E-state index in [-0.39, 0.29) is 30.0 Å². The van der Waals surface area contributed by atoms with Gasteiger partial charge in [-0.2, -0.15) is 4.31 Å². The van der Waals surface area contributed by atoms with Crippen molar-refractivity contribution < 1.29 is 17.6 Å². The van der Waals surface area contributed by atoms with Crippen LogP contribution in [0, 0.1) is 0 Å². The number of furan rings is 1. The van der Waals surface area contributed by atoms with Gasteiger partial charge in [-0.05, 0) is 42.7 Å². The van der Waals surface area contributed by atoms with Crippen molar-refractivity contribution >= 4 is 40.0 Å². The highest BCUT2D eigenvalue weighted by molar-refractivity contribution is 14.0. The number of halogens is 1. The molecule has 1 aromatic heterocycles. The highest BCUT2D eigenvalue weighted by Crippen LogP contribution is 2.19. The predicted molar refractivity (Wildman–Crippen MR) is 133 cm³/mol. The van der Waals surface area contributed by atoms with Gasteiger partial charge in [0.1, 0.15) is 11.5 Å². The molecule has 0 saturated carbocycles. The first kappa shape index (κ1) is 25.5. The second-order valence-corrected chi connectivity index (χ2v) is 9.25. The van der Waals surface area contributed by atoms with E-state index in [9.17, 15) is 8.42 Å². The van der Waals surface area contributed by atoms with Crippen molar-refractivity contribution in [3.8, 4) is 5.75 Å². The van der Waals surface area contributed by atoms with E-state index in [0.717, 1.165) is 36.3 Å². The number of benzene rings is 1. The number of hydrogen-bond acceptors (Lipinski definition) is 5. The molecule has 1 fully saturated rings. The lowest BCUT2D eigenvalue weighted by Crippen LogP contribution is -2.46. The van der Waals surface area contributed by atoms with E-state index >= 15 is 0 Å². The van der Waals surface area contributed by atoms with E-state index in [1.165, 1.54) is 6.26 Å². The van der Waals surface area contributed by atoms with Gasteiger partial charge in [0.25, 0.3) is 0 Å². The largest absolute Gasteiger partial charge is 0.497 e. The first-order valence-corrected chi connectivity index (χ1v) is 11.9. The molecule has 1 aliphatic rings. The average Bonchev–Trinajstić information content (AvgIpc) is 3.41. The van der Waals surface area contributed by atoms with Crippen molar-refractivity contribution in [1.29, 1.82) is 0 Å². The lowest BCUT2D eigenvalue weighted by Gasteiger charge is -2.23. The maximum atomic E-state index is 12.0. The van der Waals surface area contributed by atoms with Crippen LogP contribution in [0.15, 0.2) is 52.1 Å². The number of methoxy groups -OCH3 is 1. The van der Waals surface area contributed by atoms with Gasteiger partial charge in [-0.1, -0.05) is 12.1 Å². The third-order valence-corrected chi connectivity index (χ3v) is 6.41. The number of sulfonamides is 1. The summed E-state index contributed by atoms with van der Waals surface area (Å²) in [7, 11) is -1.56. The molecule has 0 amide bonds. The Kier molecular flexibility index (Phi) is 10.1. The summed E-state index contributed by atoms with van der Waals surface area (Å²) in [5, 5.41) is 6.63.